The third-order valence-electron chi connectivity index (χ3n) is 3.01. The number of rotatable bonds is 5. The van der Waals surface area contributed by atoms with Crippen LogP contribution < -0.4 is 10.6 Å². The molecule has 7 heteroatoms. The molecule has 1 aromatic rings. The number of carbonyl (C=O) groups is 1. The highest BCUT2D eigenvalue weighted by atomic mass is 32.1. The second-order valence-electron chi connectivity index (χ2n) is 4.28. The minimum Gasteiger partial charge on any atom is -0.378 e. The van der Waals surface area contributed by atoms with Crippen LogP contribution in [0.3, 0.4) is 0 Å². The van der Waals surface area contributed by atoms with Gasteiger partial charge in [-0.3, -0.25) is 4.79 Å². The van der Waals surface area contributed by atoms with Crippen molar-refractivity contribution in [3.63, 3.8) is 0 Å². The molecule has 1 saturated heterocycles. The summed E-state index contributed by atoms with van der Waals surface area (Å²) in [4.78, 5) is 11.9. The van der Waals surface area contributed by atoms with E-state index >= 15 is 0 Å². The lowest BCUT2D eigenvalue weighted by Gasteiger charge is -2.13. The van der Waals surface area contributed by atoms with E-state index in [-0.39, 0.29) is 12.0 Å². The van der Waals surface area contributed by atoms with Crippen LogP contribution >= 0.6 is 11.3 Å². The van der Waals surface area contributed by atoms with Crippen LogP contribution in [0.25, 0.3) is 0 Å². The zero-order chi connectivity index (χ0) is 13.0. The number of nitrogens with one attached hydrogen (secondary N) is 2. The number of ether oxygens (including phenoxy) is 1. The monoisotopic (exact) mass is 270 g/mol. The molecule has 0 saturated carbocycles. The van der Waals surface area contributed by atoms with Gasteiger partial charge in [-0.15, -0.1) is 10.2 Å². The van der Waals surface area contributed by atoms with Gasteiger partial charge in [-0.2, -0.15) is 0 Å². The van der Waals surface area contributed by atoms with Crippen LogP contribution in [0.5, 0.6) is 0 Å². The third kappa shape index (κ3) is 3.17. The van der Waals surface area contributed by atoms with Crippen molar-refractivity contribution in [2.24, 2.45) is 5.92 Å². The average molecular weight is 270 g/mol. The van der Waals surface area contributed by atoms with Crippen molar-refractivity contribution in [2.75, 3.05) is 25.0 Å². The molecule has 2 heterocycles. The molecule has 0 aromatic carbocycles. The van der Waals surface area contributed by atoms with E-state index < -0.39 is 0 Å². The Bertz CT molecular complexity index is 410. The van der Waals surface area contributed by atoms with E-state index in [1.54, 1.807) is 0 Å². The van der Waals surface area contributed by atoms with Gasteiger partial charge >= 0.3 is 0 Å². The first-order valence-corrected chi connectivity index (χ1v) is 6.99. The second-order valence-corrected chi connectivity index (χ2v) is 5.25. The number of nitrogens with zero attached hydrogens (tertiary/aromatic N) is 2. The molecular formula is C11H18N4O2S. The Morgan fingerprint density at radius 3 is 3.06 bits per heavy atom. The lowest BCUT2D eigenvalue weighted by molar-refractivity contribution is 0.0906. The van der Waals surface area contributed by atoms with E-state index in [2.05, 4.69) is 20.8 Å². The molecule has 1 amide bonds. The fourth-order valence-electron chi connectivity index (χ4n) is 1.88. The van der Waals surface area contributed by atoms with Crippen LogP contribution in [0.4, 0.5) is 5.13 Å². The van der Waals surface area contributed by atoms with Gasteiger partial charge in [0.25, 0.3) is 5.91 Å². The van der Waals surface area contributed by atoms with Gasteiger partial charge in [0.2, 0.25) is 10.1 Å². The normalized spacial score (nSPS) is 23.0. The molecule has 2 rings (SSSR count). The molecule has 18 heavy (non-hydrogen) atoms. The molecule has 0 radical (unpaired) electrons. The summed E-state index contributed by atoms with van der Waals surface area (Å²) in [5, 5.41) is 14.8. The Morgan fingerprint density at radius 1 is 1.56 bits per heavy atom. The molecule has 2 unspecified atom stereocenters. The molecule has 2 N–H and O–H groups in total. The molecule has 6 nitrogen and oxygen atoms in total. The van der Waals surface area contributed by atoms with Crippen molar-refractivity contribution in [1.29, 1.82) is 0 Å². The number of carbonyl (C=O) groups excluding carboxylic acids is 1. The molecule has 1 aliphatic heterocycles. The summed E-state index contributed by atoms with van der Waals surface area (Å²) in [6.07, 6.45) is 1.22. The second kappa shape index (κ2) is 6.10. The summed E-state index contributed by atoms with van der Waals surface area (Å²) >= 11 is 1.27. The van der Waals surface area contributed by atoms with Crippen LogP contribution in [-0.4, -0.2) is 41.9 Å². The van der Waals surface area contributed by atoms with E-state index in [9.17, 15) is 4.79 Å². The lowest BCUT2D eigenvalue weighted by Crippen LogP contribution is -2.31. The van der Waals surface area contributed by atoms with Crippen LogP contribution in [0.1, 0.15) is 30.1 Å². The summed E-state index contributed by atoms with van der Waals surface area (Å²) < 4.78 is 5.45. The summed E-state index contributed by atoms with van der Waals surface area (Å²) in [5.74, 6) is 0.242. The predicted molar refractivity (Wildman–Crippen MR) is 69.9 cm³/mol. The Balaban J connectivity index is 1.83. The van der Waals surface area contributed by atoms with Gasteiger partial charge in [0, 0.05) is 25.6 Å². The SMILES string of the molecule is CCNc1nnc(C(=O)NCC2CCOC2C)s1. The van der Waals surface area contributed by atoms with Crippen molar-refractivity contribution in [1.82, 2.24) is 15.5 Å². The topological polar surface area (TPSA) is 76.1 Å². The molecule has 2 atom stereocenters. The standard InChI is InChI=1S/C11H18N4O2S/c1-3-12-11-15-14-10(18-11)9(16)13-6-8-4-5-17-7(8)2/h7-8H,3-6H2,1-2H3,(H,12,15)(H,13,16). The predicted octanol–water partition coefficient (Wildman–Crippen LogP) is 1.12. The minimum atomic E-state index is -0.157. The van der Waals surface area contributed by atoms with Crippen LogP contribution in [-0.2, 0) is 4.74 Å². The van der Waals surface area contributed by atoms with Crippen molar-refractivity contribution in [3.8, 4) is 0 Å². The molecule has 1 aromatic heterocycles. The van der Waals surface area contributed by atoms with E-state index in [1.807, 2.05) is 13.8 Å². The van der Waals surface area contributed by atoms with Gasteiger partial charge < -0.3 is 15.4 Å². The van der Waals surface area contributed by atoms with Gasteiger partial charge in [0.15, 0.2) is 0 Å². The number of hydrogen-bond acceptors (Lipinski definition) is 6. The van der Waals surface area contributed by atoms with E-state index in [0.717, 1.165) is 19.6 Å². The van der Waals surface area contributed by atoms with E-state index in [1.165, 1.54) is 11.3 Å². The number of anilines is 1. The Labute approximate surface area is 110 Å². The molecule has 0 bridgehead atoms. The van der Waals surface area contributed by atoms with Gasteiger partial charge in [-0.25, -0.2) is 0 Å². The van der Waals surface area contributed by atoms with E-state index in [4.69, 9.17) is 4.74 Å². The van der Waals surface area contributed by atoms with Crippen LogP contribution in [0.15, 0.2) is 0 Å². The Hall–Kier alpha value is -1.21. The van der Waals surface area contributed by atoms with Crippen molar-refractivity contribution in [3.05, 3.63) is 5.01 Å². The minimum absolute atomic E-state index is 0.157. The van der Waals surface area contributed by atoms with Gasteiger partial charge in [-0.05, 0) is 20.3 Å². The summed E-state index contributed by atoms with van der Waals surface area (Å²) in [5.41, 5.74) is 0. The van der Waals surface area contributed by atoms with Gasteiger partial charge in [-0.1, -0.05) is 11.3 Å². The zero-order valence-electron chi connectivity index (χ0n) is 10.6. The molecular weight excluding hydrogens is 252 g/mol. The van der Waals surface area contributed by atoms with Gasteiger partial charge in [0.1, 0.15) is 0 Å². The quantitative estimate of drug-likeness (QED) is 0.838. The van der Waals surface area contributed by atoms with Crippen molar-refractivity contribution in [2.45, 2.75) is 26.4 Å². The number of aromatic nitrogens is 2. The van der Waals surface area contributed by atoms with Crippen LogP contribution in [0.2, 0.25) is 0 Å². The van der Waals surface area contributed by atoms with E-state index in [0.29, 0.717) is 22.6 Å². The summed E-state index contributed by atoms with van der Waals surface area (Å²) in [7, 11) is 0. The molecule has 100 valence electrons. The maximum Gasteiger partial charge on any atom is 0.282 e. The molecule has 0 spiro atoms. The fourth-order valence-corrected chi connectivity index (χ4v) is 2.61. The smallest absolute Gasteiger partial charge is 0.282 e. The number of hydrogen-bond donors (Lipinski definition) is 2. The zero-order valence-corrected chi connectivity index (χ0v) is 11.4. The number of amides is 1. The molecule has 0 aliphatic carbocycles. The first-order chi connectivity index (χ1) is 8.70. The molecule has 1 fully saturated rings. The highest BCUT2D eigenvalue weighted by Crippen LogP contribution is 2.20. The summed E-state index contributed by atoms with van der Waals surface area (Å²) in [6.45, 7) is 6.20. The fraction of sp³-hybridized carbons (Fsp3) is 0.727. The van der Waals surface area contributed by atoms with Crippen molar-refractivity contribution < 1.29 is 9.53 Å². The first-order valence-electron chi connectivity index (χ1n) is 6.18. The highest BCUT2D eigenvalue weighted by Gasteiger charge is 2.25. The van der Waals surface area contributed by atoms with Crippen LogP contribution in [0, 0.1) is 5.92 Å². The van der Waals surface area contributed by atoms with Gasteiger partial charge in [0.05, 0.1) is 6.10 Å². The largest absolute Gasteiger partial charge is 0.378 e. The lowest BCUT2D eigenvalue weighted by atomic mass is 10.0. The van der Waals surface area contributed by atoms with Crippen molar-refractivity contribution >= 4 is 22.4 Å². The first kappa shape index (κ1) is 13.2. The summed E-state index contributed by atoms with van der Waals surface area (Å²) in [6, 6.07) is 0. The molecule has 1 aliphatic rings. The maximum absolute atomic E-state index is 11.9. The Morgan fingerprint density at radius 2 is 2.39 bits per heavy atom. The Kier molecular flexibility index (Phi) is 4.48. The third-order valence-corrected chi connectivity index (χ3v) is 3.89. The highest BCUT2D eigenvalue weighted by molar-refractivity contribution is 7.17. The maximum atomic E-state index is 11.9. The average Bonchev–Trinajstić information content (AvgIpc) is 2.96.